The molecule has 10 heavy (non-hydrogen) atoms. The zero-order valence-corrected chi connectivity index (χ0v) is 6.20. The molecule has 1 aromatic heterocycles. The quantitative estimate of drug-likeness (QED) is 0.656. The van der Waals surface area contributed by atoms with Crippen molar-refractivity contribution < 1.29 is 4.39 Å². The largest absolute Gasteiger partial charge is 0.244 e. The van der Waals surface area contributed by atoms with Gasteiger partial charge in [0.15, 0.2) is 0 Å². The van der Waals surface area contributed by atoms with Gasteiger partial charge in [-0.3, -0.25) is 0 Å². The van der Waals surface area contributed by atoms with Gasteiger partial charge in [-0.2, -0.15) is 0 Å². The average Bonchev–Trinajstić information content (AvgIpc) is 2.69. The zero-order valence-electron chi connectivity index (χ0n) is 5.38. The number of aromatic nitrogens is 2. The van der Waals surface area contributed by atoms with E-state index in [0.717, 1.165) is 4.88 Å². The lowest BCUT2D eigenvalue weighted by molar-refractivity contribution is 0.472. The molecule has 1 aliphatic rings. The van der Waals surface area contributed by atoms with E-state index in [2.05, 4.69) is 9.59 Å². The van der Waals surface area contributed by atoms with Crippen molar-refractivity contribution >= 4 is 11.5 Å². The van der Waals surface area contributed by atoms with E-state index < -0.39 is 6.67 Å². The fraction of sp³-hybridized carbons (Fsp3) is 0.667. The topological polar surface area (TPSA) is 25.8 Å². The lowest BCUT2D eigenvalue weighted by Crippen LogP contribution is -1.83. The Kier molecular flexibility index (Phi) is 1.41. The van der Waals surface area contributed by atoms with Gasteiger partial charge in [0.05, 0.1) is 4.88 Å². The summed E-state index contributed by atoms with van der Waals surface area (Å²) in [6.07, 6.45) is 2.38. The van der Waals surface area contributed by atoms with Gasteiger partial charge in [-0.15, -0.1) is 5.10 Å². The van der Waals surface area contributed by atoms with Crippen LogP contribution in [0.25, 0.3) is 0 Å². The molecule has 0 aliphatic heterocycles. The number of rotatable bonds is 2. The van der Waals surface area contributed by atoms with Gasteiger partial charge in [-0.1, -0.05) is 4.49 Å². The first-order chi connectivity index (χ1) is 4.92. The van der Waals surface area contributed by atoms with Gasteiger partial charge in [-0.25, -0.2) is 4.39 Å². The Morgan fingerprint density at radius 2 is 2.40 bits per heavy atom. The van der Waals surface area contributed by atoms with Crippen molar-refractivity contribution in [3.05, 3.63) is 10.6 Å². The minimum Gasteiger partial charge on any atom is -0.244 e. The highest BCUT2D eigenvalue weighted by Gasteiger charge is 2.28. The molecule has 0 N–H and O–H groups in total. The van der Waals surface area contributed by atoms with E-state index in [9.17, 15) is 4.39 Å². The second kappa shape index (κ2) is 2.27. The molecule has 1 fully saturated rings. The molecule has 54 valence electrons. The molecule has 1 aliphatic carbocycles. The van der Waals surface area contributed by atoms with Gasteiger partial charge < -0.3 is 0 Å². The van der Waals surface area contributed by atoms with Gasteiger partial charge in [-0.05, 0) is 30.3 Å². The Bertz CT molecular complexity index is 231. The standard InChI is InChI=1S/C6H7FN2S/c7-3-5-6(4-1-2-4)10-9-8-5/h4H,1-3H2. The van der Waals surface area contributed by atoms with Crippen LogP contribution in [-0.2, 0) is 6.67 Å². The van der Waals surface area contributed by atoms with E-state index >= 15 is 0 Å². The molecule has 4 heteroatoms. The Morgan fingerprint density at radius 1 is 1.60 bits per heavy atom. The molecule has 0 unspecified atom stereocenters. The molecule has 0 spiro atoms. The highest BCUT2D eigenvalue weighted by Crippen LogP contribution is 2.42. The summed E-state index contributed by atoms with van der Waals surface area (Å²) in [5.74, 6) is 0.589. The molecule has 1 aromatic rings. The lowest BCUT2D eigenvalue weighted by atomic mass is 10.3. The van der Waals surface area contributed by atoms with E-state index in [1.54, 1.807) is 0 Å². The Morgan fingerprint density at radius 3 is 3.00 bits per heavy atom. The van der Waals surface area contributed by atoms with Crippen LogP contribution < -0.4 is 0 Å². The van der Waals surface area contributed by atoms with Crippen LogP contribution in [0, 0.1) is 0 Å². The van der Waals surface area contributed by atoms with E-state index in [1.165, 1.54) is 24.4 Å². The summed E-state index contributed by atoms with van der Waals surface area (Å²) in [5.41, 5.74) is 0.563. The monoisotopic (exact) mass is 158 g/mol. The van der Waals surface area contributed by atoms with Crippen LogP contribution in [-0.4, -0.2) is 9.59 Å². The number of nitrogens with zero attached hydrogens (tertiary/aromatic N) is 2. The third-order valence-electron chi connectivity index (χ3n) is 1.66. The molecule has 0 saturated heterocycles. The van der Waals surface area contributed by atoms with Crippen molar-refractivity contribution in [2.24, 2.45) is 0 Å². The zero-order chi connectivity index (χ0) is 6.97. The first-order valence-corrected chi connectivity index (χ1v) is 4.06. The van der Waals surface area contributed by atoms with Crippen molar-refractivity contribution in [3.8, 4) is 0 Å². The third-order valence-corrected chi connectivity index (χ3v) is 2.59. The van der Waals surface area contributed by atoms with Crippen molar-refractivity contribution in [2.45, 2.75) is 25.4 Å². The van der Waals surface area contributed by atoms with Crippen LogP contribution >= 0.6 is 11.5 Å². The van der Waals surface area contributed by atoms with Crippen molar-refractivity contribution in [2.75, 3.05) is 0 Å². The van der Waals surface area contributed by atoms with Crippen LogP contribution in [0.2, 0.25) is 0 Å². The highest BCUT2D eigenvalue weighted by molar-refractivity contribution is 7.05. The van der Waals surface area contributed by atoms with Crippen LogP contribution in [0.5, 0.6) is 0 Å². The summed E-state index contributed by atoms with van der Waals surface area (Å²) in [6.45, 7) is -0.456. The predicted octanol–water partition coefficient (Wildman–Crippen LogP) is 1.89. The predicted molar refractivity (Wildman–Crippen MR) is 36.7 cm³/mol. The van der Waals surface area contributed by atoms with Gasteiger partial charge in [0.1, 0.15) is 12.4 Å². The summed E-state index contributed by atoms with van der Waals surface area (Å²) in [6, 6.07) is 0. The SMILES string of the molecule is FCc1nnsc1C1CC1. The van der Waals surface area contributed by atoms with Crippen LogP contribution in [0.1, 0.15) is 29.3 Å². The maximum atomic E-state index is 12.1. The molecule has 0 atom stereocenters. The van der Waals surface area contributed by atoms with Gasteiger partial charge in [0.25, 0.3) is 0 Å². The second-order valence-electron chi connectivity index (χ2n) is 2.49. The van der Waals surface area contributed by atoms with Gasteiger partial charge in [0.2, 0.25) is 0 Å². The van der Waals surface area contributed by atoms with Crippen molar-refractivity contribution in [1.29, 1.82) is 0 Å². The van der Waals surface area contributed by atoms with E-state index in [1.807, 2.05) is 0 Å². The molecule has 1 heterocycles. The maximum absolute atomic E-state index is 12.1. The summed E-state index contributed by atoms with van der Waals surface area (Å²) in [7, 11) is 0. The molecule has 2 nitrogen and oxygen atoms in total. The Labute approximate surface area is 62.2 Å². The number of hydrogen-bond acceptors (Lipinski definition) is 3. The first kappa shape index (κ1) is 6.22. The van der Waals surface area contributed by atoms with Crippen LogP contribution in [0.3, 0.4) is 0 Å². The summed E-state index contributed by atoms with van der Waals surface area (Å²) in [5, 5.41) is 3.69. The fourth-order valence-electron chi connectivity index (χ4n) is 0.964. The maximum Gasteiger partial charge on any atom is 0.134 e. The highest BCUT2D eigenvalue weighted by atomic mass is 32.1. The van der Waals surface area contributed by atoms with Gasteiger partial charge in [0, 0.05) is 0 Å². The average molecular weight is 158 g/mol. The minimum atomic E-state index is -0.456. The fourth-order valence-corrected chi connectivity index (χ4v) is 1.78. The normalized spacial score (nSPS) is 17.7. The second-order valence-corrected chi connectivity index (χ2v) is 3.28. The van der Waals surface area contributed by atoms with Crippen molar-refractivity contribution in [1.82, 2.24) is 9.59 Å². The first-order valence-electron chi connectivity index (χ1n) is 3.29. The lowest BCUT2D eigenvalue weighted by Gasteiger charge is -1.89. The van der Waals surface area contributed by atoms with Crippen LogP contribution in [0.15, 0.2) is 0 Å². The van der Waals surface area contributed by atoms with Crippen LogP contribution in [0.4, 0.5) is 4.39 Å². The molecule has 1 saturated carbocycles. The molecule has 0 bridgehead atoms. The van der Waals surface area contributed by atoms with E-state index in [-0.39, 0.29) is 0 Å². The minimum absolute atomic E-state index is 0.456. The Balaban J connectivity index is 2.28. The van der Waals surface area contributed by atoms with E-state index in [0.29, 0.717) is 11.6 Å². The molecule has 0 amide bonds. The summed E-state index contributed by atoms with van der Waals surface area (Å²) < 4.78 is 15.8. The molecule has 2 rings (SSSR count). The van der Waals surface area contributed by atoms with Gasteiger partial charge >= 0.3 is 0 Å². The number of halogens is 1. The summed E-state index contributed by atoms with van der Waals surface area (Å²) >= 11 is 1.34. The van der Waals surface area contributed by atoms with Crippen molar-refractivity contribution in [3.63, 3.8) is 0 Å². The smallest absolute Gasteiger partial charge is 0.134 e. The summed E-state index contributed by atoms with van der Waals surface area (Å²) in [4.78, 5) is 1.07. The molecule has 0 radical (unpaired) electrons. The third kappa shape index (κ3) is 0.923. The number of alkyl halides is 1. The number of hydrogen-bond donors (Lipinski definition) is 0. The molecular weight excluding hydrogens is 151 g/mol. The van der Waals surface area contributed by atoms with E-state index in [4.69, 9.17) is 0 Å². The Hall–Kier alpha value is -0.510. The molecular formula is C6H7FN2S. The molecule has 0 aromatic carbocycles.